The van der Waals surface area contributed by atoms with Gasteiger partial charge in [-0.25, -0.2) is 4.79 Å². The molecular weight excluding hydrogens is 322 g/mol. The first-order valence-corrected chi connectivity index (χ1v) is 7.20. The molecule has 0 radical (unpaired) electrons. The molecule has 0 aliphatic rings. The van der Waals surface area contributed by atoms with Crippen LogP contribution in [0.1, 0.15) is 25.8 Å². The third kappa shape index (κ3) is 6.52. The lowest BCUT2D eigenvalue weighted by atomic mass is 10.2. The van der Waals surface area contributed by atoms with Crippen LogP contribution in [0.15, 0.2) is 34.8 Å². The minimum atomic E-state index is -0.535. The molecule has 0 spiro atoms. The number of esters is 1. The molecule has 20 heavy (non-hydrogen) atoms. The fourth-order valence-corrected chi connectivity index (χ4v) is 1.61. The summed E-state index contributed by atoms with van der Waals surface area (Å²) in [4.78, 5) is 22.9. The summed E-state index contributed by atoms with van der Waals surface area (Å²) >= 11 is 3.33. The molecule has 0 saturated carbocycles. The summed E-state index contributed by atoms with van der Waals surface area (Å²) in [6, 6.07) is 7.57. The molecule has 0 fully saturated rings. The van der Waals surface area contributed by atoms with Crippen molar-refractivity contribution in [1.82, 2.24) is 5.32 Å². The van der Waals surface area contributed by atoms with Crippen molar-refractivity contribution < 1.29 is 14.3 Å². The number of carbonyl (C=O) groups is 2. The van der Waals surface area contributed by atoms with E-state index in [0.29, 0.717) is 0 Å². The monoisotopic (exact) mass is 339 g/mol. The number of benzene rings is 1. The maximum absolute atomic E-state index is 11.4. The Bertz CT molecular complexity index is 482. The predicted molar refractivity (Wildman–Crippen MR) is 82.0 cm³/mol. The Morgan fingerprint density at radius 1 is 1.35 bits per heavy atom. The van der Waals surface area contributed by atoms with E-state index in [0.717, 1.165) is 16.5 Å². The van der Waals surface area contributed by atoms with Crippen molar-refractivity contribution in [2.24, 2.45) is 0 Å². The average Bonchev–Trinajstić information content (AvgIpc) is 2.44. The normalized spacial score (nSPS) is 12.2. The van der Waals surface area contributed by atoms with Gasteiger partial charge < -0.3 is 10.1 Å². The molecule has 0 aliphatic heterocycles. The third-order valence-corrected chi connectivity index (χ3v) is 3.18. The molecule has 0 bridgehead atoms. The number of halogens is 1. The molecular formula is C15H18BrNO3. The van der Waals surface area contributed by atoms with Crippen LogP contribution >= 0.6 is 15.9 Å². The van der Waals surface area contributed by atoms with Crippen molar-refractivity contribution in [3.8, 4) is 0 Å². The first-order chi connectivity index (χ1) is 9.51. The molecule has 108 valence electrons. The molecule has 1 atom stereocenters. The van der Waals surface area contributed by atoms with Crippen LogP contribution in [-0.2, 0) is 14.3 Å². The molecule has 4 nitrogen and oxygen atoms in total. The molecule has 0 unspecified atom stereocenters. The van der Waals surface area contributed by atoms with Crippen LogP contribution in [0.2, 0.25) is 0 Å². The van der Waals surface area contributed by atoms with Gasteiger partial charge >= 0.3 is 5.97 Å². The van der Waals surface area contributed by atoms with Crippen LogP contribution in [0.4, 0.5) is 0 Å². The second-order valence-electron chi connectivity index (χ2n) is 4.37. The molecule has 1 amide bonds. The highest BCUT2D eigenvalue weighted by atomic mass is 79.9. The van der Waals surface area contributed by atoms with Crippen LogP contribution in [0.5, 0.6) is 0 Å². The van der Waals surface area contributed by atoms with Crippen molar-refractivity contribution in [1.29, 1.82) is 0 Å². The van der Waals surface area contributed by atoms with E-state index in [1.165, 1.54) is 6.08 Å². The Labute approximate surface area is 127 Å². The van der Waals surface area contributed by atoms with Gasteiger partial charge in [-0.05, 0) is 37.1 Å². The lowest BCUT2D eigenvalue weighted by Crippen LogP contribution is -2.35. The van der Waals surface area contributed by atoms with Gasteiger partial charge in [0.1, 0.15) is 0 Å². The van der Waals surface area contributed by atoms with E-state index in [1.807, 2.05) is 38.1 Å². The first-order valence-electron chi connectivity index (χ1n) is 6.41. The third-order valence-electron chi connectivity index (χ3n) is 2.65. The lowest BCUT2D eigenvalue weighted by molar-refractivity contribution is -0.144. The van der Waals surface area contributed by atoms with Gasteiger partial charge in [-0.1, -0.05) is 35.0 Å². The van der Waals surface area contributed by atoms with Crippen LogP contribution in [-0.4, -0.2) is 24.5 Å². The van der Waals surface area contributed by atoms with Gasteiger partial charge in [-0.15, -0.1) is 0 Å². The smallest absolute Gasteiger partial charge is 0.331 e. The molecule has 1 aromatic carbocycles. The van der Waals surface area contributed by atoms with E-state index in [1.54, 1.807) is 6.08 Å². The summed E-state index contributed by atoms with van der Waals surface area (Å²) in [5, 5.41) is 2.72. The highest BCUT2D eigenvalue weighted by molar-refractivity contribution is 9.10. The quantitative estimate of drug-likeness (QED) is 0.640. The molecule has 5 heteroatoms. The van der Waals surface area contributed by atoms with Crippen molar-refractivity contribution >= 4 is 33.9 Å². The first kappa shape index (κ1) is 16.4. The second-order valence-corrected chi connectivity index (χ2v) is 5.29. The fraction of sp³-hybridized carbons (Fsp3) is 0.333. The number of hydrogen-bond acceptors (Lipinski definition) is 3. The highest BCUT2D eigenvalue weighted by Crippen LogP contribution is 2.11. The molecule has 1 aromatic rings. The maximum atomic E-state index is 11.4. The van der Waals surface area contributed by atoms with E-state index >= 15 is 0 Å². The van der Waals surface area contributed by atoms with Gasteiger partial charge in [0.05, 0.1) is 0 Å². The second kappa shape index (κ2) is 8.53. The van der Waals surface area contributed by atoms with Crippen LogP contribution in [0, 0.1) is 0 Å². The van der Waals surface area contributed by atoms with E-state index < -0.39 is 5.97 Å². The number of carbonyl (C=O) groups excluding carboxylic acids is 2. The van der Waals surface area contributed by atoms with Gasteiger partial charge in [-0.2, -0.15) is 0 Å². The highest BCUT2D eigenvalue weighted by Gasteiger charge is 2.07. The zero-order chi connectivity index (χ0) is 15.0. The molecule has 0 saturated heterocycles. The molecule has 0 heterocycles. The van der Waals surface area contributed by atoms with Gasteiger partial charge in [-0.3, -0.25) is 4.79 Å². The summed E-state index contributed by atoms with van der Waals surface area (Å²) in [6.45, 7) is 3.61. The molecule has 0 aliphatic carbocycles. The zero-order valence-electron chi connectivity index (χ0n) is 11.6. The Morgan fingerprint density at radius 2 is 2.00 bits per heavy atom. The summed E-state index contributed by atoms with van der Waals surface area (Å²) < 4.78 is 5.82. The summed E-state index contributed by atoms with van der Waals surface area (Å²) in [7, 11) is 0. The topological polar surface area (TPSA) is 55.4 Å². The summed E-state index contributed by atoms with van der Waals surface area (Å²) in [5.41, 5.74) is 0.884. The summed E-state index contributed by atoms with van der Waals surface area (Å²) in [6.07, 6.45) is 3.78. The minimum Gasteiger partial charge on any atom is -0.452 e. The molecule has 1 N–H and O–H groups in total. The Hall–Kier alpha value is -1.62. The Kier molecular flexibility index (Phi) is 7.01. The number of hydrogen-bond donors (Lipinski definition) is 1. The molecule has 0 aromatic heterocycles. The minimum absolute atomic E-state index is 0.0829. The summed E-state index contributed by atoms with van der Waals surface area (Å²) in [5.74, 6) is -0.822. The van der Waals surface area contributed by atoms with Crippen LogP contribution < -0.4 is 5.32 Å². The van der Waals surface area contributed by atoms with Gasteiger partial charge in [0.25, 0.3) is 5.91 Å². The van der Waals surface area contributed by atoms with Crippen LogP contribution in [0.3, 0.4) is 0 Å². The van der Waals surface area contributed by atoms with E-state index in [-0.39, 0.29) is 18.6 Å². The van der Waals surface area contributed by atoms with Gasteiger partial charge in [0.15, 0.2) is 6.61 Å². The number of amides is 1. The number of rotatable bonds is 6. The number of nitrogens with one attached hydrogen (secondary N) is 1. The molecule has 1 rings (SSSR count). The van der Waals surface area contributed by atoms with Crippen molar-refractivity contribution in [3.05, 3.63) is 40.4 Å². The lowest BCUT2D eigenvalue weighted by Gasteiger charge is -2.10. The average molecular weight is 340 g/mol. The van der Waals surface area contributed by atoms with E-state index in [2.05, 4.69) is 21.2 Å². The van der Waals surface area contributed by atoms with Crippen molar-refractivity contribution in [3.63, 3.8) is 0 Å². The number of ether oxygens (including phenoxy) is 1. The Morgan fingerprint density at radius 3 is 2.60 bits per heavy atom. The van der Waals surface area contributed by atoms with Gasteiger partial charge in [0.2, 0.25) is 0 Å². The van der Waals surface area contributed by atoms with Crippen molar-refractivity contribution in [2.75, 3.05) is 6.61 Å². The van der Waals surface area contributed by atoms with Gasteiger partial charge in [0, 0.05) is 16.6 Å². The zero-order valence-corrected chi connectivity index (χ0v) is 13.1. The Balaban J connectivity index is 2.36. The maximum Gasteiger partial charge on any atom is 0.331 e. The van der Waals surface area contributed by atoms with E-state index in [9.17, 15) is 9.59 Å². The van der Waals surface area contributed by atoms with E-state index in [4.69, 9.17) is 4.74 Å². The van der Waals surface area contributed by atoms with Crippen molar-refractivity contribution in [2.45, 2.75) is 26.3 Å². The standard InChI is InChI=1S/C15H18BrNO3/c1-3-11(2)17-14(18)10-20-15(19)9-6-12-4-7-13(16)8-5-12/h4-9,11H,3,10H2,1-2H3,(H,17,18)/b9-6+/t11-/m1/s1. The SMILES string of the molecule is CC[C@@H](C)NC(=O)COC(=O)/C=C/c1ccc(Br)cc1. The van der Waals surface area contributed by atoms with Crippen LogP contribution in [0.25, 0.3) is 6.08 Å². The largest absolute Gasteiger partial charge is 0.452 e. The fourth-order valence-electron chi connectivity index (χ4n) is 1.34. The predicted octanol–water partition coefficient (Wildman–Crippen LogP) is 2.92.